The number of benzene rings is 1. The van der Waals surface area contributed by atoms with E-state index >= 15 is 0 Å². The monoisotopic (exact) mass is 333 g/mol. The van der Waals surface area contributed by atoms with Crippen LogP contribution < -0.4 is 10.2 Å². The van der Waals surface area contributed by atoms with Gasteiger partial charge in [-0.3, -0.25) is 4.79 Å². The van der Waals surface area contributed by atoms with Gasteiger partial charge in [-0.1, -0.05) is 0 Å². The molecule has 24 heavy (non-hydrogen) atoms. The molecule has 0 atom stereocenters. The second kappa shape index (κ2) is 6.88. The number of hydrogen-bond acceptors (Lipinski definition) is 5. The first-order chi connectivity index (χ1) is 11.5. The number of likely N-dealkylation sites (N-methyl/N-ethyl adjacent to an activating group) is 1. The minimum absolute atomic E-state index is 0.0996. The molecule has 0 unspecified atom stereocenters. The minimum atomic E-state index is -0.710. The Hall–Kier alpha value is -2.61. The number of nitrogens with one attached hydrogen (secondary N) is 1. The van der Waals surface area contributed by atoms with Gasteiger partial charge in [-0.25, -0.2) is 18.7 Å². The van der Waals surface area contributed by atoms with Crippen LogP contribution in [0.3, 0.4) is 0 Å². The Morgan fingerprint density at radius 1 is 1.12 bits per heavy atom. The summed E-state index contributed by atoms with van der Waals surface area (Å²) in [6.07, 6.45) is 1.30. The number of halogens is 2. The van der Waals surface area contributed by atoms with E-state index in [1.807, 2.05) is 7.05 Å². The van der Waals surface area contributed by atoms with E-state index in [1.54, 1.807) is 6.07 Å². The maximum Gasteiger partial charge on any atom is 0.274 e. The molecule has 6 nitrogen and oxygen atoms in total. The molecule has 2 heterocycles. The number of rotatable bonds is 3. The predicted octanol–water partition coefficient (Wildman–Crippen LogP) is 1.76. The number of nitrogens with zero attached hydrogens (tertiary/aromatic N) is 4. The van der Waals surface area contributed by atoms with Crippen molar-refractivity contribution < 1.29 is 13.6 Å². The third-order valence-electron chi connectivity index (χ3n) is 3.89. The molecule has 2 aromatic rings. The van der Waals surface area contributed by atoms with E-state index in [0.717, 1.165) is 44.4 Å². The highest BCUT2D eigenvalue weighted by atomic mass is 19.1. The molecule has 0 saturated carbocycles. The molecule has 0 spiro atoms. The second-order valence-corrected chi connectivity index (χ2v) is 5.63. The van der Waals surface area contributed by atoms with Gasteiger partial charge in [0.15, 0.2) is 0 Å². The summed E-state index contributed by atoms with van der Waals surface area (Å²) in [5.41, 5.74) is -0.123. The van der Waals surface area contributed by atoms with Crippen LogP contribution in [0.2, 0.25) is 0 Å². The SMILES string of the molecule is CN1CCN(c2cc(C(=O)Nc3cc(F)ccc3F)ncn2)CC1. The molecule has 1 N–H and O–H groups in total. The topological polar surface area (TPSA) is 61.4 Å². The molecule has 126 valence electrons. The van der Waals surface area contributed by atoms with E-state index in [1.165, 1.54) is 6.33 Å². The first-order valence-electron chi connectivity index (χ1n) is 7.55. The van der Waals surface area contributed by atoms with Crippen LogP contribution in [-0.4, -0.2) is 54.0 Å². The van der Waals surface area contributed by atoms with Gasteiger partial charge < -0.3 is 15.1 Å². The Morgan fingerprint density at radius 3 is 2.62 bits per heavy atom. The number of aromatic nitrogens is 2. The smallest absolute Gasteiger partial charge is 0.274 e. The summed E-state index contributed by atoms with van der Waals surface area (Å²) in [7, 11) is 2.05. The number of hydrogen-bond donors (Lipinski definition) is 1. The van der Waals surface area contributed by atoms with Crippen molar-refractivity contribution in [3.05, 3.63) is 47.9 Å². The average Bonchev–Trinajstić information content (AvgIpc) is 2.59. The van der Waals surface area contributed by atoms with Crippen molar-refractivity contribution in [2.24, 2.45) is 0 Å². The van der Waals surface area contributed by atoms with Crippen LogP contribution in [0.15, 0.2) is 30.6 Å². The van der Waals surface area contributed by atoms with Crippen molar-refractivity contribution in [1.29, 1.82) is 0 Å². The lowest BCUT2D eigenvalue weighted by Crippen LogP contribution is -2.44. The van der Waals surface area contributed by atoms with Gasteiger partial charge in [0.05, 0.1) is 5.69 Å². The molecule has 8 heteroatoms. The fourth-order valence-corrected chi connectivity index (χ4v) is 2.46. The molecule has 1 aromatic heterocycles. The highest BCUT2D eigenvalue weighted by molar-refractivity contribution is 6.03. The molecule has 1 aliphatic heterocycles. The van der Waals surface area contributed by atoms with Gasteiger partial charge in [0.2, 0.25) is 0 Å². The van der Waals surface area contributed by atoms with Crippen molar-refractivity contribution >= 4 is 17.4 Å². The van der Waals surface area contributed by atoms with Crippen LogP contribution in [0.25, 0.3) is 0 Å². The summed E-state index contributed by atoms with van der Waals surface area (Å²) < 4.78 is 26.8. The van der Waals surface area contributed by atoms with Crippen molar-refractivity contribution in [2.75, 3.05) is 43.4 Å². The number of anilines is 2. The molecule has 3 rings (SSSR count). The third kappa shape index (κ3) is 3.65. The zero-order valence-electron chi connectivity index (χ0n) is 13.2. The van der Waals surface area contributed by atoms with Crippen LogP contribution in [-0.2, 0) is 0 Å². The second-order valence-electron chi connectivity index (χ2n) is 5.63. The summed E-state index contributed by atoms with van der Waals surface area (Å²) in [6.45, 7) is 3.40. The Balaban J connectivity index is 1.76. The van der Waals surface area contributed by atoms with E-state index < -0.39 is 17.5 Å². The van der Waals surface area contributed by atoms with E-state index in [0.29, 0.717) is 5.82 Å². The maximum atomic E-state index is 13.6. The van der Waals surface area contributed by atoms with Crippen LogP contribution >= 0.6 is 0 Å². The van der Waals surface area contributed by atoms with E-state index in [9.17, 15) is 13.6 Å². The molecule has 1 saturated heterocycles. The molecule has 1 fully saturated rings. The van der Waals surface area contributed by atoms with Crippen molar-refractivity contribution in [3.63, 3.8) is 0 Å². The van der Waals surface area contributed by atoms with E-state index in [4.69, 9.17) is 0 Å². The lowest BCUT2D eigenvalue weighted by atomic mass is 10.2. The standard InChI is InChI=1S/C16H17F2N5O/c1-22-4-6-23(7-5-22)15-9-14(19-10-20-15)16(24)21-13-8-11(17)2-3-12(13)18/h2-3,8-10H,4-7H2,1H3,(H,21,24). The number of carbonyl (C=O) groups is 1. The lowest BCUT2D eigenvalue weighted by molar-refractivity contribution is 0.102. The number of amides is 1. The Kier molecular flexibility index (Phi) is 4.66. The van der Waals surface area contributed by atoms with Gasteiger partial charge in [-0.2, -0.15) is 0 Å². The van der Waals surface area contributed by atoms with Crippen molar-refractivity contribution in [3.8, 4) is 0 Å². The summed E-state index contributed by atoms with van der Waals surface area (Å²) >= 11 is 0. The molecular weight excluding hydrogens is 316 g/mol. The summed E-state index contributed by atoms with van der Waals surface area (Å²) in [5, 5.41) is 2.33. The third-order valence-corrected chi connectivity index (χ3v) is 3.89. The first kappa shape index (κ1) is 16.3. The Labute approximate surface area is 138 Å². The summed E-state index contributed by atoms with van der Waals surface area (Å²) in [5.74, 6) is -1.31. The zero-order chi connectivity index (χ0) is 17.1. The van der Waals surface area contributed by atoms with Crippen LogP contribution in [0.5, 0.6) is 0 Å². The lowest BCUT2D eigenvalue weighted by Gasteiger charge is -2.33. The Morgan fingerprint density at radius 2 is 1.88 bits per heavy atom. The summed E-state index contributed by atoms with van der Waals surface area (Å²) in [6, 6.07) is 4.43. The number of piperazine rings is 1. The predicted molar refractivity (Wildman–Crippen MR) is 86.1 cm³/mol. The first-order valence-corrected chi connectivity index (χ1v) is 7.55. The van der Waals surface area contributed by atoms with Gasteiger partial charge in [0.25, 0.3) is 5.91 Å². The Bertz CT molecular complexity index is 747. The van der Waals surface area contributed by atoms with Crippen LogP contribution in [0.4, 0.5) is 20.3 Å². The van der Waals surface area contributed by atoms with Gasteiger partial charge >= 0.3 is 0 Å². The van der Waals surface area contributed by atoms with Crippen molar-refractivity contribution in [1.82, 2.24) is 14.9 Å². The quantitative estimate of drug-likeness (QED) is 0.927. The van der Waals surface area contributed by atoms with Crippen molar-refractivity contribution in [2.45, 2.75) is 0 Å². The van der Waals surface area contributed by atoms with Gasteiger partial charge in [-0.05, 0) is 19.2 Å². The maximum absolute atomic E-state index is 13.6. The molecule has 0 radical (unpaired) electrons. The van der Waals surface area contributed by atoms with E-state index in [-0.39, 0.29) is 11.4 Å². The van der Waals surface area contributed by atoms with Gasteiger partial charge in [-0.15, -0.1) is 0 Å². The fraction of sp³-hybridized carbons (Fsp3) is 0.312. The van der Waals surface area contributed by atoms with Crippen LogP contribution in [0.1, 0.15) is 10.5 Å². The van der Waals surface area contributed by atoms with Crippen LogP contribution in [0, 0.1) is 11.6 Å². The molecule has 1 aromatic carbocycles. The largest absolute Gasteiger partial charge is 0.354 e. The zero-order valence-corrected chi connectivity index (χ0v) is 13.2. The van der Waals surface area contributed by atoms with E-state index in [2.05, 4.69) is 25.1 Å². The van der Waals surface area contributed by atoms with Gasteiger partial charge in [0, 0.05) is 38.3 Å². The molecule has 0 aliphatic carbocycles. The normalized spacial score (nSPS) is 15.4. The number of carbonyl (C=O) groups excluding carboxylic acids is 1. The van der Waals surface area contributed by atoms with Gasteiger partial charge in [0.1, 0.15) is 29.5 Å². The average molecular weight is 333 g/mol. The molecule has 1 amide bonds. The highest BCUT2D eigenvalue weighted by Gasteiger charge is 2.18. The fourth-order valence-electron chi connectivity index (χ4n) is 2.46. The highest BCUT2D eigenvalue weighted by Crippen LogP contribution is 2.18. The molecule has 0 bridgehead atoms. The molecule has 1 aliphatic rings. The summed E-state index contributed by atoms with van der Waals surface area (Å²) in [4.78, 5) is 24.6. The molecular formula is C16H17F2N5O. The minimum Gasteiger partial charge on any atom is -0.354 e.